The van der Waals surface area contributed by atoms with Gasteiger partial charge in [-0.2, -0.15) is 0 Å². The van der Waals surface area contributed by atoms with Gasteiger partial charge in [-0.25, -0.2) is 0 Å². The predicted molar refractivity (Wildman–Crippen MR) is 103 cm³/mol. The van der Waals surface area contributed by atoms with Gasteiger partial charge in [-0.15, -0.1) is 0 Å². The molecule has 0 spiro atoms. The summed E-state index contributed by atoms with van der Waals surface area (Å²) < 4.78 is 0. The third kappa shape index (κ3) is 3.64. The summed E-state index contributed by atoms with van der Waals surface area (Å²) in [6.07, 6.45) is 12.5. The Labute approximate surface area is 152 Å². The van der Waals surface area contributed by atoms with Crippen molar-refractivity contribution in [1.29, 1.82) is 0 Å². The van der Waals surface area contributed by atoms with Crippen LogP contribution in [-0.4, -0.2) is 11.9 Å². The molecule has 0 aliphatic heterocycles. The van der Waals surface area contributed by atoms with Gasteiger partial charge in [0.2, 0.25) is 5.91 Å². The lowest BCUT2D eigenvalue weighted by Gasteiger charge is -2.44. The number of nitrogens with one attached hydrogen (secondary N) is 1. The number of amides is 1. The van der Waals surface area contributed by atoms with Crippen molar-refractivity contribution in [2.75, 3.05) is 0 Å². The SMILES string of the molecule is CCC1CC2CCC(NC(=O)C3CCCCc4ccccc43)C(C1)C2. The largest absolute Gasteiger partial charge is 0.353 e. The molecule has 5 unspecified atom stereocenters. The van der Waals surface area contributed by atoms with Gasteiger partial charge in [0.05, 0.1) is 5.92 Å². The van der Waals surface area contributed by atoms with Gasteiger partial charge in [-0.1, -0.05) is 44.0 Å². The van der Waals surface area contributed by atoms with E-state index in [1.807, 2.05) is 0 Å². The Balaban J connectivity index is 1.47. The van der Waals surface area contributed by atoms with E-state index in [2.05, 4.69) is 36.5 Å². The summed E-state index contributed by atoms with van der Waals surface area (Å²) in [7, 11) is 0. The second kappa shape index (κ2) is 7.51. The molecule has 2 saturated carbocycles. The van der Waals surface area contributed by atoms with Gasteiger partial charge in [0.1, 0.15) is 0 Å². The minimum Gasteiger partial charge on any atom is -0.353 e. The Morgan fingerprint density at radius 3 is 2.84 bits per heavy atom. The van der Waals surface area contributed by atoms with Gasteiger partial charge in [-0.3, -0.25) is 4.79 Å². The molecule has 3 aliphatic rings. The predicted octanol–water partition coefficient (Wildman–Crippen LogP) is 5.22. The van der Waals surface area contributed by atoms with Crippen molar-refractivity contribution >= 4 is 5.91 Å². The van der Waals surface area contributed by atoms with E-state index in [-0.39, 0.29) is 5.92 Å². The van der Waals surface area contributed by atoms with Crippen LogP contribution in [0.25, 0.3) is 0 Å². The standard InChI is InChI=1S/C23H33NO/c1-2-16-13-17-11-12-22(19(14-16)15-17)24-23(25)21-10-6-4-8-18-7-3-5-9-20(18)21/h3,5,7,9,16-17,19,21-22H,2,4,6,8,10-15H2,1H3,(H,24,25). The molecular weight excluding hydrogens is 306 g/mol. The lowest BCUT2D eigenvalue weighted by molar-refractivity contribution is -0.124. The highest BCUT2D eigenvalue weighted by Crippen LogP contribution is 2.44. The minimum atomic E-state index is 0.0713. The van der Waals surface area contributed by atoms with Crippen molar-refractivity contribution in [2.24, 2.45) is 17.8 Å². The molecule has 0 saturated heterocycles. The monoisotopic (exact) mass is 339 g/mol. The maximum absolute atomic E-state index is 13.2. The lowest BCUT2D eigenvalue weighted by atomic mass is 9.65. The zero-order valence-corrected chi connectivity index (χ0v) is 15.7. The molecule has 2 fully saturated rings. The average molecular weight is 340 g/mol. The Bertz CT molecular complexity index is 610. The van der Waals surface area contributed by atoms with Crippen molar-refractivity contribution in [2.45, 2.75) is 83.1 Å². The third-order valence-electron chi connectivity index (χ3n) is 7.23. The first-order valence-electron chi connectivity index (χ1n) is 10.6. The van der Waals surface area contributed by atoms with Crippen LogP contribution < -0.4 is 5.32 Å². The number of carbonyl (C=O) groups is 1. The van der Waals surface area contributed by atoms with E-state index in [1.54, 1.807) is 0 Å². The Hall–Kier alpha value is -1.31. The highest BCUT2D eigenvalue weighted by atomic mass is 16.1. The normalized spacial score (nSPS) is 34.7. The van der Waals surface area contributed by atoms with E-state index in [4.69, 9.17) is 0 Å². The zero-order valence-electron chi connectivity index (χ0n) is 15.7. The van der Waals surface area contributed by atoms with Gasteiger partial charge >= 0.3 is 0 Å². The highest BCUT2D eigenvalue weighted by molar-refractivity contribution is 5.84. The minimum absolute atomic E-state index is 0.0713. The van der Waals surface area contributed by atoms with Crippen molar-refractivity contribution in [3.63, 3.8) is 0 Å². The van der Waals surface area contributed by atoms with Crippen LogP contribution in [0, 0.1) is 17.8 Å². The number of hydrogen-bond donors (Lipinski definition) is 1. The van der Waals surface area contributed by atoms with E-state index in [0.717, 1.165) is 30.6 Å². The summed E-state index contributed by atoms with van der Waals surface area (Å²) in [4.78, 5) is 13.2. The van der Waals surface area contributed by atoms with Crippen LogP contribution in [0.3, 0.4) is 0 Å². The molecule has 2 bridgehead atoms. The van der Waals surface area contributed by atoms with E-state index >= 15 is 0 Å². The number of aryl methyl sites for hydroxylation is 1. The maximum atomic E-state index is 13.2. The summed E-state index contributed by atoms with van der Waals surface area (Å²) in [5.41, 5.74) is 2.69. The summed E-state index contributed by atoms with van der Waals surface area (Å²) in [5, 5.41) is 3.52. The van der Waals surface area contributed by atoms with Crippen LogP contribution in [0.15, 0.2) is 24.3 Å². The topological polar surface area (TPSA) is 29.1 Å². The van der Waals surface area contributed by atoms with Crippen LogP contribution in [0.1, 0.15) is 81.8 Å². The molecule has 1 aromatic carbocycles. The Kier molecular flexibility index (Phi) is 5.15. The van der Waals surface area contributed by atoms with Gasteiger partial charge < -0.3 is 5.32 Å². The third-order valence-corrected chi connectivity index (χ3v) is 7.23. The molecular formula is C23H33NO. The molecule has 2 nitrogen and oxygen atoms in total. The zero-order chi connectivity index (χ0) is 17.2. The van der Waals surface area contributed by atoms with Crippen molar-refractivity contribution in [1.82, 2.24) is 5.32 Å². The van der Waals surface area contributed by atoms with Crippen LogP contribution in [0.5, 0.6) is 0 Å². The molecule has 1 amide bonds. The van der Waals surface area contributed by atoms with Crippen LogP contribution >= 0.6 is 0 Å². The first-order valence-corrected chi connectivity index (χ1v) is 10.6. The number of fused-ring (bicyclic) bond motifs is 3. The summed E-state index contributed by atoms with van der Waals surface area (Å²) in [6, 6.07) is 9.05. The molecule has 2 heteroatoms. The second-order valence-electron chi connectivity index (χ2n) is 8.80. The first kappa shape index (κ1) is 17.1. The fraction of sp³-hybridized carbons (Fsp3) is 0.696. The van der Waals surface area contributed by atoms with Crippen molar-refractivity contribution in [3.05, 3.63) is 35.4 Å². The molecule has 5 atom stereocenters. The smallest absolute Gasteiger partial charge is 0.227 e. The first-order chi connectivity index (χ1) is 12.2. The Morgan fingerprint density at radius 1 is 1.08 bits per heavy atom. The second-order valence-corrected chi connectivity index (χ2v) is 8.80. The summed E-state index contributed by atoms with van der Waals surface area (Å²) in [6.45, 7) is 2.34. The van der Waals surface area contributed by atoms with Crippen LogP contribution in [0.2, 0.25) is 0 Å². The van der Waals surface area contributed by atoms with Crippen molar-refractivity contribution < 1.29 is 4.79 Å². The van der Waals surface area contributed by atoms with E-state index in [1.165, 1.54) is 62.5 Å². The fourth-order valence-corrected chi connectivity index (χ4v) is 5.83. The van der Waals surface area contributed by atoms with Crippen LogP contribution in [-0.2, 0) is 11.2 Å². The van der Waals surface area contributed by atoms with Gasteiger partial charge in [-0.05, 0) is 80.2 Å². The maximum Gasteiger partial charge on any atom is 0.227 e. The van der Waals surface area contributed by atoms with Gasteiger partial charge in [0, 0.05) is 6.04 Å². The number of hydrogen-bond acceptors (Lipinski definition) is 1. The number of carbonyl (C=O) groups excluding carboxylic acids is 1. The molecule has 0 aromatic heterocycles. The molecule has 3 aliphatic carbocycles. The molecule has 1 aromatic rings. The molecule has 136 valence electrons. The fourth-order valence-electron chi connectivity index (χ4n) is 5.83. The number of benzene rings is 1. The van der Waals surface area contributed by atoms with Crippen molar-refractivity contribution in [3.8, 4) is 0 Å². The molecule has 25 heavy (non-hydrogen) atoms. The Morgan fingerprint density at radius 2 is 1.96 bits per heavy atom. The van der Waals surface area contributed by atoms with Gasteiger partial charge in [0.15, 0.2) is 0 Å². The molecule has 1 N–H and O–H groups in total. The van der Waals surface area contributed by atoms with E-state index in [0.29, 0.717) is 11.9 Å². The average Bonchev–Trinajstić information content (AvgIpc) is 2.86. The van der Waals surface area contributed by atoms with E-state index < -0.39 is 0 Å². The molecule has 0 heterocycles. The quantitative estimate of drug-likeness (QED) is 0.752. The van der Waals surface area contributed by atoms with Gasteiger partial charge in [0.25, 0.3) is 0 Å². The lowest BCUT2D eigenvalue weighted by Crippen LogP contribution is -2.47. The number of rotatable bonds is 3. The highest BCUT2D eigenvalue weighted by Gasteiger charge is 2.38. The molecule has 0 radical (unpaired) electrons. The summed E-state index contributed by atoms with van der Waals surface area (Å²) >= 11 is 0. The van der Waals surface area contributed by atoms with E-state index in [9.17, 15) is 4.79 Å². The summed E-state index contributed by atoms with van der Waals surface area (Å²) in [5.74, 6) is 2.92. The van der Waals surface area contributed by atoms with Crippen LogP contribution in [0.4, 0.5) is 0 Å². The molecule has 4 rings (SSSR count).